The molecule has 22 heavy (non-hydrogen) atoms. The van der Waals surface area contributed by atoms with E-state index in [0.29, 0.717) is 31.7 Å². The number of Topliss-reactive ketones (excluding diaryl/α,β-unsaturated/α-hetero) is 1. The van der Waals surface area contributed by atoms with Crippen molar-refractivity contribution in [3.8, 4) is 5.75 Å². The standard InChI is InChI=1S/C18H27NO3/c1-14(2)19-12-18(22-17-7-5-4-6-8-17)11-16(19)13-21-10-9-15(3)20/h4-8,14,16,18H,9-13H2,1-3H3/t16-,18-/m0/s1. The first-order valence-electron chi connectivity index (χ1n) is 8.11. The van der Waals surface area contributed by atoms with E-state index in [1.165, 1.54) is 0 Å². The second-order valence-corrected chi connectivity index (χ2v) is 6.26. The molecule has 0 unspecified atom stereocenters. The average molecular weight is 305 g/mol. The van der Waals surface area contributed by atoms with E-state index in [1.807, 2.05) is 30.3 Å². The molecule has 1 aliphatic rings. The highest BCUT2D eigenvalue weighted by Gasteiger charge is 2.34. The first-order valence-corrected chi connectivity index (χ1v) is 8.11. The minimum Gasteiger partial charge on any atom is -0.489 e. The van der Waals surface area contributed by atoms with Crippen LogP contribution in [-0.4, -0.2) is 48.6 Å². The van der Waals surface area contributed by atoms with Crippen LogP contribution in [-0.2, 0) is 9.53 Å². The number of carbonyl (C=O) groups is 1. The first-order chi connectivity index (χ1) is 10.6. The van der Waals surface area contributed by atoms with Gasteiger partial charge in [-0.05, 0) is 32.9 Å². The fourth-order valence-corrected chi connectivity index (χ4v) is 2.91. The largest absolute Gasteiger partial charge is 0.489 e. The second-order valence-electron chi connectivity index (χ2n) is 6.26. The van der Waals surface area contributed by atoms with Crippen LogP contribution in [0.4, 0.5) is 0 Å². The van der Waals surface area contributed by atoms with Crippen LogP contribution in [0.3, 0.4) is 0 Å². The van der Waals surface area contributed by atoms with Crippen LogP contribution in [0.2, 0.25) is 0 Å². The molecule has 0 spiro atoms. The van der Waals surface area contributed by atoms with Gasteiger partial charge >= 0.3 is 0 Å². The normalized spacial score (nSPS) is 22.2. The molecule has 2 rings (SSSR count). The molecule has 1 aromatic rings. The van der Waals surface area contributed by atoms with E-state index >= 15 is 0 Å². The first kappa shape index (κ1) is 17.0. The molecule has 1 saturated heterocycles. The Morgan fingerprint density at radius 3 is 2.68 bits per heavy atom. The summed E-state index contributed by atoms with van der Waals surface area (Å²) in [6.07, 6.45) is 1.66. The molecule has 0 saturated carbocycles. The van der Waals surface area contributed by atoms with Gasteiger partial charge < -0.3 is 9.47 Å². The van der Waals surface area contributed by atoms with E-state index in [-0.39, 0.29) is 11.9 Å². The average Bonchev–Trinajstić information content (AvgIpc) is 2.87. The van der Waals surface area contributed by atoms with Gasteiger partial charge in [0, 0.05) is 31.5 Å². The third kappa shape index (κ3) is 5.11. The minimum absolute atomic E-state index is 0.178. The van der Waals surface area contributed by atoms with E-state index in [2.05, 4.69) is 18.7 Å². The number of hydrogen-bond donors (Lipinski definition) is 0. The maximum Gasteiger partial charge on any atom is 0.132 e. The Morgan fingerprint density at radius 2 is 2.05 bits per heavy atom. The molecule has 1 aromatic carbocycles. The van der Waals surface area contributed by atoms with Gasteiger partial charge in [0.25, 0.3) is 0 Å². The van der Waals surface area contributed by atoms with E-state index in [4.69, 9.17) is 9.47 Å². The van der Waals surface area contributed by atoms with Crippen LogP contribution in [0, 0.1) is 0 Å². The Labute approximate surface area is 133 Å². The number of ketones is 1. The molecule has 4 nitrogen and oxygen atoms in total. The van der Waals surface area contributed by atoms with Crippen molar-refractivity contribution in [3.63, 3.8) is 0 Å². The SMILES string of the molecule is CC(=O)CCOC[C@@H]1C[C@H](Oc2ccccc2)CN1C(C)C. The molecule has 122 valence electrons. The van der Waals surface area contributed by atoms with E-state index in [9.17, 15) is 4.79 Å². The summed E-state index contributed by atoms with van der Waals surface area (Å²) < 4.78 is 11.8. The predicted octanol–water partition coefficient (Wildman–Crippen LogP) is 2.91. The third-order valence-corrected chi connectivity index (χ3v) is 4.04. The van der Waals surface area contributed by atoms with Gasteiger partial charge in [-0.25, -0.2) is 0 Å². The number of ether oxygens (including phenoxy) is 2. The fourth-order valence-electron chi connectivity index (χ4n) is 2.91. The van der Waals surface area contributed by atoms with Gasteiger partial charge in [-0.3, -0.25) is 9.69 Å². The Bertz CT molecular complexity index is 461. The van der Waals surface area contributed by atoms with Crippen molar-refractivity contribution < 1.29 is 14.3 Å². The number of likely N-dealkylation sites (tertiary alicyclic amines) is 1. The lowest BCUT2D eigenvalue weighted by atomic mass is 10.2. The molecule has 0 bridgehead atoms. The predicted molar refractivity (Wildman–Crippen MR) is 87.2 cm³/mol. The van der Waals surface area contributed by atoms with Crippen molar-refractivity contribution in [2.75, 3.05) is 19.8 Å². The Kier molecular flexibility index (Phi) is 6.40. The summed E-state index contributed by atoms with van der Waals surface area (Å²) in [4.78, 5) is 13.4. The zero-order valence-electron chi connectivity index (χ0n) is 13.8. The summed E-state index contributed by atoms with van der Waals surface area (Å²) >= 11 is 0. The molecule has 0 radical (unpaired) electrons. The number of benzene rings is 1. The molecule has 0 aromatic heterocycles. The summed E-state index contributed by atoms with van der Waals surface area (Å²) in [5.41, 5.74) is 0. The van der Waals surface area contributed by atoms with Crippen molar-refractivity contribution in [1.29, 1.82) is 0 Å². The van der Waals surface area contributed by atoms with Crippen LogP contribution in [0.15, 0.2) is 30.3 Å². The van der Waals surface area contributed by atoms with Crippen molar-refractivity contribution >= 4 is 5.78 Å². The van der Waals surface area contributed by atoms with Gasteiger partial charge in [0.05, 0.1) is 13.2 Å². The van der Waals surface area contributed by atoms with Gasteiger partial charge in [0.2, 0.25) is 0 Å². The smallest absolute Gasteiger partial charge is 0.132 e. The lowest BCUT2D eigenvalue weighted by Gasteiger charge is -2.27. The molecule has 1 fully saturated rings. The summed E-state index contributed by atoms with van der Waals surface area (Å²) in [5, 5.41) is 0. The van der Waals surface area contributed by atoms with E-state index in [0.717, 1.165) is 18.7 Å². The number of para-hydroxylation sites is 1. The second kappa shape index (κ2) is 8.30. The van der Waals surface area contributed by atoms with Crippen molar-refractivity contribution in [2.45, 2.75) is 51.8 Å². The van der Waals surface area contributed by atoms with Crippen LogP contribution >= 0.6 is 0 Å². The van der Waals surface area contributed by atoms with Crippen LogP contribution < -0.4 is 4.74 Å². The molecule has 4 heteroatoms. The van der Waals surface area contributed by atoms with Gasteiger partial charge in [0.15, 0.2) is 0 Å². The van der Waals surface area contributed by atoms with E-state index in [1.54, 1.807) is 6.92 Å². The maximum atomic E-state index is 11.0. The number of rotatable bonds is 8. The summed E-state index contributed by atoms with van der Waals surface area (Å²) in [6.45, 7) is 8.11. The molecule has 0 amide bonds. The lowest BCUT2D eigenvalue weighted by Crippen LogP contribution is -2.38. The topological polar surface area (TPSA) is 38.8 Å². The van der Waals surface area contributed by atoms with Gasteiger partial charge in [-0.2, -0.15) is 0 Å². The van der Waals surface area contributed by atoms with Gasteiger partial charge in [-0.1, -0.05) is 18.2 Å². The highest BCUT2D eigenvalue weighted by Crippen LogP contribution is 2.25. The lowest BCUT2D eigenvalue weighted by molar-refractivity contribution is -0.118. The van der Waals surface area contributed by atoms with Crippen molar-refractivity contribution in [3.05, 3.63) is 30.3 Å². The van der Waals surface area contributed by atoms with Gasteiger partial charge in [0.1, 0.15) is 17.6 Å². The Hall–Kier alpha value is -1.39. The highest BCUT2D eigenvalue weighted by atomic mass is 16.5. The van der Waals surface area contributed by atoms with E-state index < -0.39 is 0 Å². The maximum absolute atomic E-state index is 11.0. The molecular weight excluding hydrogens is 278 g/mol. The number of nitrogens with zero attached hydrogens (tertiary/aromatic N) is 1. The van der Waals surface area contributed by atoms with Crippen molar-refractivity contribution in [1.82, 2.24) is 4.90 Å². The summed E-state index contributed by atoms with van der Waals surface area (Å²) in [7, 11) is 0. The summed E-state index contributed by atoms with van der Waals surface area (Å²) in [5.74, 6) is 1.10. The van der Waals surface area contributed by atoms with Crippen LogP contribution in [0.5, 0.6) is 5.75 Å². The molecule has 0 aliphatic carbocycles. The fraction of sp³-hybridized carbons (Fsp3) is 0.611. The Balaban J connectivity index is 1.84. The zero-order valence-corrected chi connectivity index (χ0v) is 13.8. The minimum atomic E-state index is 0.178. The highest BCUT2D eigenvalue weighted by molar-refractivity contribution is 5.75. The van der Waals surface area contributed by atoms with Gasteiger partial charge in [-0.15, -0.1) is 0 Å². The van der Waals surface area contributed by atoms with Crippen molar-refractivity contribution in [2.24, 2.45) is 0 Å². The van der Waals surface area contributed by atoms with Crippen LogP contribution in [0.25, 0.3) is 0 Å². The molecular formula is C18H27NO3. The number of hydrogen-bond acceptors (Lipinski definition) is 4. The Morgan fingerprint density at radius 1 is 1.32 bits per heavy atom. The third-order valence-electron chi connectivity index (χ3n) is 4.04. The molecule has 1 aliphatic heterocycles. The zero-order chi connectivity index (χ0) is 15.9. The molecule has 2 atom stereocenters. The van der Waals surface area contributed by atoms with Crippen LogP contribution in [0.1, 0.15) is 33.6 Å². The molecule has 0 N–H and O–H groups in total. The number of carbonyl (C=O) groups excluding carboxylic acids is 1. The summed E-state index contributed by atoms with van der Waals surface area (Å²) in [6, 6.07) is 10.8. The molecule has 1 heterocycles. The monoisotopic (exact) mass is 305 g/mol. The quantitative estimate of drug-likeness (QED) is 0.692.